The van der Waals surface area contributed by atoms with E-state index in [0.29, 0.717) is 20.5 Å². The molecule has 22 heavy (non-hydrogen) atoms. The maximum Gasteiger partial charge on any atom is 0.266 e. The standard InChI is InChI=1S/C12H11Cl2NO4S3/c13-8-2-1-7(9(14)6-8)5-10-11(16)15(12(20)21-10)3-4-22(17,18)19/h1-2,5-6,12,20H,3-4H2,(H,17,18,19)/b10-5-. The summed E-state index contributed by atoms with van der Waals surface area (Å²) in [5.41, 5.74) is 0.624. The summed E-state index contributed by atoms with van der Waals surface area (Å²) in [7, 11) is -4.14. The third-order valence-electron chi connectivity index (χ3n) is 2.81. The molecule has 0 bridgehead atoms. The van der Waals surface area contributed by atoms with Crippen LogP contribution in [0.1, 0.15) is 5.56 Å². The Labute approximate surface area is 147 Å². The van der Waals surface area contributed by atoms with Crippen molar-refractivity contribution in [2.45, 2.75) is 4.71 Å². The van der Waals surface area contributed by atoms with Gasteiger partial charge in [0.1, 0.15) is 4.71 Å². The topological polar surface area (TPSA) is 74.7 Å². The molecule has 0 aromatic heterocycles. The summed E-state index contributed by atoms with van der Waals surface area (Å²) in [5.74, 6) is -0.898. The SMILES string of the molecule is O=C1/C(=C/c2ccc(Cl)cc2Cl)SC(S)N1CCS(=O)(=O)O. The van der Waals surface area contributed by atoms with Crippen molar-refractivity contribution >= 4 is 69.7 Å². The van der Waals surface area contributed by atoms with Gasteiger partial charge in [-0.15, -0.1) is 12.6 Å². The lowest BCUT2D eigenvalue weighted by Gasteiger charge is -2.17. The molecule has 1 amide bonds. The fraction of sp³-hybridized carbons (Fsp3) is 0.250. The van der Waals surface area contributed by atoms with E-state index in [9.17, 15) is 13.2 Å². The van der Waals surface area contributed by atoms with Crippen molar-refractivity contribution in [3.8, 4) is 0 Å². The molecule has 0 aliphatic carbocycles. The van der Waals surface area contributed by atoms with Crippen LogP contribution in [0.2, 0.25) is 10.0 Å². The molecule has 2 rings (SSSR count). The number of hydrogen-bond acceptors (Lipinski definition) is 5. The molecule has 1 aromatic rings. The van der Waals surface area contributed by atoms with Gasteiger partial charge >= 0.3 is 0 Å². The van der Waals surface area contributed by atoms with Gasteiger partial charge in [0.25, 0.3) is 16.0 Å². The zero-order chi connectivity index (χ0) is 16.5. The first kappa shape index (κ1) is 18.0. The van der Waals surface area contributed by atoms with Crippen molar-refractivity contribution in [2.75, 3.05) is 12.3 Å². The van der Waals surface area contributed by atoms with Crippen LogP contribution in [0, 0.1) is 0 Å². The van der Waals surface area contributed by atoms with Gasteiger partial charge in [-0.1, -0.05) is 41.0 Å². The fourth-order valence-corrected chi connectivity index (χ4v) is 4.17. The highest BCUT2D eigenvalue weighted by Gasteiger charge is 2.34. The number of carbonyl (C=O) groups excluding carboxylic acids is 1. The van der Waals surface area contributed by atoms with Gasteiger partial charge in [0.2, 0.25) is 0 Å². The van der Waals surface area contributed by atoms with Gasteiger partial charge in [-0.2, -0.15) is 8.42 Å². The number of carbonyl (C=O) groups is 1. The molecule has 10 heteroatoms. The van der Waals surface area contributed by atoms with E-state index in [1.54, 1.807) is 24.3 Å². The molecule has 1 aromatic carbocycles. The Kier molecular flexibility index (Phi) is 5.73. The molecular weight excluding hydrogens is 389 g/mol. The third kappa shape index (κ3) is 4.56. The van der Waals surface area contributed by atoms with Crippen LogP contribution in [0.25, 0.3) is 6.08 Å². The van der Waals surface area contributed by atoms with Gasteiger partial charge < -0.3 is 4.90 Å². The molecule has 1 atom stereocenters. The molecule has 0 radical (unpaired) electrons. The Balaban J connectivity index is 2.20. The molecule has 1 heterocycles. The molecule has 0 spiro atoms. The number of nitrogens with zero attached hydrogens (tertiary/aromatic N) is 1. The predicted molar refractivity (Wildman–Crippen MR) is 92.9 cm³/mol. The monoisotopic (exact) mass is 399 g/mol. The zero-order valence-electron chi connectivity index (χ0n) is 10.9. The second-order valence-electron chi connectivity index (χ2n) is 4.40. The highest BCUT2D eigenvalue weighted by atomic mass is 35.5. The Morgan fingerprint density at radius 2 is 2.09 bits per heavy atom. The molecule has 1 N–H and O–H groups in total. The summed E-state index contributed by atoms with van der Waals surface area (Å²) < 4.78 is 29.8. The van der Waals surface area contributed by atoms with E-state index >= 15 is 0 Å². The number of amides is 1. The smallest absolute Gasteiger partial charge is 0.266 e. The van der Waals surface area contributed by atoms with Crippen molar-refractivity contribution in [2.24, 2.45) is 0 Å². The predicted octanol–water partition coefficient (Wildman–Crippen LogP) is 3.01. The normalized spacial score (nSPS) is 20.9. The van der Waals surface area contributed by atoms with Gasteiger partial charge in [-0.05, 0) is 23.8 Å². The van der Waals surface area contributed by atoms with E-state index in [1.807, 2.05) is 0 Å². The first-order valence-electron chi connectivity index (χ1n) is 5.95. The summed E-state index contributed by atoms with van der Waals surface area (Å²) in [5, 5.41) is 0.889. The number of hydrogen-bond donors (Lipinski definition) is 2. The molecule has 1 fully saturated rings. The Morgan fingerprint density at radius 1 is 1.41 bits per heavy atom. The quantitative estimate of drug-likeness (QED) is 0.462. The third-order valence-corrected chi connectivity index (χ3v) is 5.68. The van der Waals surface area contributed by atoms with Gasteiger partial charge in [0.05, 0.1) is 10.7 Å². The largest absolute Gasteiger partial charge is 0.316 e. The molecule has 5 nitrogen and oxygen atoms in total. The summed E-state index contributed by atoms with van der Waals surface area (Å²) in [4.78, 5) is 13.9. The highest BCUT2D eigenvalue weighted by molar-refractivity contribution is 8.14. The second-order valence-corrected chi connectivity index (χ2v) is 8.78. The summed E-state index contributed by atoms with van der Waals surface area (Å²) in [6, 6.07) is 4.89. The van der Waals surface area contributed by atoms with E-state index in [4.69, 9.17) is 27.8 Å². The lowest BCUT2D eigenvalue weighted by molar-refractivity contribution is -0.124. The van der Waals surface area contributed by atoms with Crippen LogP contribution in [0.3, 0.4) is 0 Å². The van der Waals surface area contributed by atoms with E-state index in [-0.39, 0.29) is 12.5 Å². The number of rotatable bonds is 4. The lowest BCUT2D eigenvalue weighted by Crippen LogP contribution is -2.33. The Morgan fingerprint density at radius 3 is 2.68 bits per heavy atom. The minimum atomic E-state index is -4.14. The van der Waals surface area contributed by atoms with E-state index in [1.165, 1.54) is 16.7 Å². The molecule has 120 valence electrons. The van der Waals surface area contributed by atoms with Gasteiger partial charge in [-0.25, -0.2) is 0 Å². The molecule has 1 aliphatic rings. The maximum absolute atomic E-state index is 12.3. The van der Waals surface area contributed by atoms with Crippen molar-refractivity contribution < 1.29 is 17.8 Å². The average Bonchev–Trinajstić information content (AvgIpc) is 2.65. The summed E-state index contributed by atoms with van der Waals surface area (Å²) in [6.07, 6.45) is 1.60. The first-order valence-corrected chi connectivity index (χ1v) is 9.71. The molecule has 0 saturated carbocycles. The summed E-state index contributed by atoms with van der Waals surface area (Å²) in [6.45, 7) is -0.134. The molecular formula is C12H11Cl2NO4S3. The minimum absolute atomic E-state index is 0.134. The Hall–Kier alpha value is -0.380. The van der Waals surface area contributed by atoms with Crippen LogP contribution in [-0.2, 0) is 14.9 Å². The average molecular weight is 400 g/mol. The summed E-state index contributed by atoms with van der Waals surface area (Å²) >= 11 is 17.3. The van der Waals surface area contributed by atoms with Crippen molar-refractivity contribution in [3.05, 3.63) is 38.7 Å². The highest BCUT2D eigenvalue weighted by Crippen LogP contribution is 2.38. The number of thiol groups is 1. The van der Waals surface area contributed by atoms with Crippen molar-refractivity contribution in [1.29, 1.82) is 0 Å². The van der Waals surface area contributed by atoms with Gasteiger partial charge in [0, 0.05) is 16.6 Å². The zero-order valence-corrected chi connectivity index (χ0v) is 15.0. The first-order chi connectivity index (χ1) is 10.2. The van der Waals surface area contributed by atoms with Crippen LogP contribution >= 0.6 is 47.6 Å². The minimum Gasteiger partial charge on any atom is -0.316 e. The molecule has 1 aliphatic heterocycles. The lowest BCUT2D eigenvalue weighted by atomic mass is 10.2. The number of halogens is 2. The molecule has 1 saturated heterocycles. The van der Waals surface area contributed by atoms with Crippen LogP contribution in [0.5, 0.6) is 0 Å². The molecule has 1 unspecified atom stereocenters. The number of thioether (sulfide) groups is 1. The van der Waals surface area contributed by atoms with Crippen LogP contribution in [0.4, 0.5) is 0 Å². The van der Waals surface area contributed by atoms with Crippen molar-refractivity contribution in [1.82, 2.24) is 4.90 Å². The van der Waals surface area contributed by atoms with E-state index in [0.717, 1.165) is 0 Å². The van der Waals surface area contributed by atoms with E-state index in [2.05, 4.69) is 12.6 Å². The van der Waals surface area contributed by atoms with Gasteiger partial charge in [0.15, 0.2) is 0 Å². The van der Waals surface area contributed by atoms with Gasteiger partial charge in [-0.3, -0.25) is 9.35 Å². The van der Waals surface area contributed by atoms with E-state index < -0.39 is 20.6 Å². The van der Waals surface area contributed by atoms with Crippen LogP contribution < -0.4 is 0 Å². The fourth-order valence-electron chi connectivity index (χ4n) is 1.75. The Bertz CT molecular complexity index is 736. The van der Waals surface area contributed by atoms with Crippen LogP contribution in [-0.4, -0.2) is 40.8 Å². The second kappa shape index (κ2) is 7.02. The van der Waals surface area contributed by atoms with Crippen LogP contribution in [0.15, 0.2) is 23.1 Å². The maximum atomic E-state index is 12.3. The van der Waals surface area contributed by atoms with Crippen molar-refractivity contribution in [3.63, 3.8) is 0 Å². The number of benzene rings is 1.